The molecule has 2 heterocycles. The van der Waals surface area contributed by atoms with Crippen molar-refractivity contribution in [3.8, 4) is 5.75 Å². The zero-order chi connectivity index (χ0) is 22.8. The number of aromatic nitrogens is 1. The van der Waals surface area contributed by atoms with Crippen LogP contribution in [0.4, 0.5) is 13.6 Å². The molecule has 0 aliphatic carbocycles. The first kappa shape index (κ1) is 22.7. The molecule has 0 unspecified atom stereocenters. The van der Waals surface area contributed by atoms with Gasteiger partial charge in [0.2, 0.25) is 0 Å². The lowest BCUT2D eigenvalue weighted by atomic mass is 10.1. The number of hydrogen-bond acceptors (Lipinski definition) is 5. The summed E-state index contributed by atoms with van der Waals surface area (Å²) in [5.41, 5.74) is -0.772. The van der Waals surface area contributed by atoms with E-state index in [1.165, 1.54) is 18.3 Å². The molecule has 3 rings (SSSR count). The summed E-state index contributed by atoms with van der Waals surface area (Å²) in [7, 11) is 0. The summed E-state index contributed by atoms with van der Waals surface area (Å²) in [4.78, 5) is 28.3. The second kappa shape index (κ2) is 9.05. The summed E-state index contributed by atoms with van der Waals surface area (Å²) in [6.45, 7) is 7.67. The van der Waals surface area contributed by atoms with Crippen molar-refractivity contribution in [2.75, 3.05) is 26.2 Å². The van der Waals surface area contributed by atoms with E-state index in [2.05, 4.69) is 0 Å². The Kier molecular flexibility index (Phi) is 6.64. The Morgan fingerprint density at radius 1 is 1.06 bits per heavy atom. The van der Waals surface area contributed by atoms with Gasteiger partial charge in [0.05, 0.1) is 6.54 Å². The van der Waals surface area contributed by atoms with Gasteiger partial charge in [-0.05, 0) is 32.9 Å². The van der Waals surface area contributed by atoms with E-state index in [1.807, 2.05) is 25.7 Å². The Bertz CT molecular complexity index is 1010. The maximum absolute atomic E-state index is 13.9. The Morgan fingerprint density at radius 3 is 2.39 bits per heavy atom. The lowest BCUT2D eigenvalue weighted by molar-refractivity contribution is 0.0138. The fraction of sp³-hybridized carbons (Fsp3) is 0.455. The Hall–Kier alpha value is -2.94. The maximum atomic E-state index is 13.9. The summed E-state index contributed by atoms with van der Waals surface area (Å²) in [5, 5.41) is 10.4. The number of carbonyl (C=O) groups excluding carboxylic acids is 1. The molecular weight excluding hydrogens is 408 g/mol. The van der Waals surface area contributed by atoms with Gasteiger partial charge in [-0.1, -0.05) is 12.1 Å². The molecule has 1 aliphatic rings. The topological polar surface area (TPSA) is 75.0 Å². The van der Waals surface area contributed by atoms with Crippen molar-refractivity contribution in [1.29, 1.82) is 0 Å². The number of rotatable bonds is 4. The monoisotopic (exact) mass is 435 g/mol. The highest BCUT2D eigenvalue weighted by molar-refractivity contribution is 5.68. The average Bonchev–Trinajstić information content (AvgIpc) is 2.70. The van der Waals surface area contributed by atoms with Crippen molar-refractivity contribution in [3.63, 3.8) is 0 Å². The molecule has 0 bridgehead atoms. The van der Waals surface area contributed by atoms with E-state index in [4.69, 9.17) is 4.74 Å². The highest BCUT2D eigenvalue weighted by Gasteiger charge is 2.26. The van der Waals surface area contributed by atoms with Gasteiger partial charge in [0.25, 0.3) is 5.56 Å². The van der Waals surface area contributed by atoms with Crippen LogP contribution in [0.1, 0.15) is 31.9 Å². The Morgan fingerprint density at radius 2 is 1.74 bits per heavy atom. The molecule has 1 amide bonds. The quantitative estimate of drug-likeness (QED) is 0.799. The fourth-order valence-electron chi connectivity index (χ4n) is 3.36. The molecule has 1 aliphatic heterocycles. The highest BCUT2D eigenvalue weighted by atomic mass is 19.2. The molecule has 1 aromatic carbocycles. The van der Waals surface area contributed by atoms with Crippen LogP contribution in [0, 0.1) is 11.6 Å². The zero-order valence-electron chi connectivity index (χ0n) is 17.9. The molecule has 2 aromatic rings. The van der Waals surface area contributed by atoms with Gasteiger partial charge in [0.1, 0.15) is 5.60 Å². The SMILES string of the molecule is CC(C)(C)OC(=O)N1CCN(Cc2ccn(Cc3cccc(F)c3F)c(=O)c2O)CC1. The minimum atomic E-state index is -1.01. The number of piperazine rings is 1. The Balaban J connectivity index is 1.63. The van der Waals surface area contributed by atoms with Gasteiger partial charge in [0.15, 0.2) is 17.4 Å². The molecule has 1 fully saturated rings. The predicted octanol–water partition coefficient (Wildman–Crippen LogP) is 2.93. The first-order valence-electron chi connectivity index (χ1n) is 10.1. The summed E-state index contributed by atoms with van der Waals surface area (Å²) >= 11 is 0. The van der Waals surface area contributed by atoms with Crippen molar-refractivity contribution in [2.24, 2.45) is 0 Å². The largest absolute Gasteiger partial charge is 0.503 e. The minimum absolute atomic E-state index is 0.0208. The number of ether oxygens (including phenoxy) is 1. The zero-order valence-corrected chi connectivity index (χ0v) is 17.9. The van der Waals surface area contributed by atoms with Crippen molar-refractivity contribution in [1.82, 2.24) is 14.4 Å². The van der Waals surface area contributed by atoms with E-state index in [9.17, 15) is 23.5 Å². The average molecular weight is 435 g/mol. The number of nitrogens with zero attached hydrogens (tertiary/aromatic N) is 3. The third-order valence-electron chi connectivity index (χ3n) is 5.01. The number of halogens is 2. The van der Waals surface area contributed by atoms with Gasteiger partial charge >= 0.3 is 6.09 Å². The van der Waals surface area contributed by atoms with Gasteiger partial charge in [-0.2, -0.15) is 0 Å². The van der Waals surface area contributed by atoms with E-state index in [0.717, 1.165) is 10.6 Å². The van der Waals surface area contributed by atoms with E-state index in [1.54, 1.807) is 11.0 Å². The lowest BCUT2D eigenvalue weighted by Crippen LogP contribution is -2.49. The van der Waals surface area contributed by atoms with Crippen molar-refractivity contribution >= 4 is 6.09 Å². The van der Waals surface area contributed by atoms with E-state index in [-0.39, 0.29) is 18.2 Å². The Labute approximate surface area is 179 Å². The molecule has 168 valence electrons. The first-order valence-corrected chi connectivity index (χ1v) is 10.1. The summed E-state index contributed by atoms with van der Waals surface area (Å²) < 4.78 is 33.8. The molecule has 0 radical (unpaired) electrons. The lowest BCUT2D eigenvalue weighted by Gasteiger charge is -2.35. The molecule has 1 aromatic heterocycles. The van der Waals surface area contributed by atoms with Crippen LogP contribution in [0.2, 0.25) is 0 Å². The first-order chi connectivity index (χ1) is 14.5. The maximum Gasteiger partial charge on any atom is 0.410 e. The number of hydrogen-bond donors (Lipinski definition) is 1. The van der Waals surface area contributed by atoms with Crippen LogP contribution >= 0.6 is 0 Å². The van der Waals surface area contributed by atoms with Gasteiger partial charge in [-0.3, -0.25) is 9.69 Å². The van der Waals surface area contributed by atoms with Gasteiger partial charge in [-0.15, -0.1) is 0 Å². The second-order valence-electron chi connectivity index (χ2n) is 8.58. The van der Waals surface area contributed by atoms with E-state index in [0.29, 0.717) is 38.3 Å². The number of amides is 1. The molecule has 0 saturated carbocycles. The molecule has 0 atom stereocenters. The minimum Gasteiger partial charge on any atom is -0.503 e. The normalized spacial score (nSPS) is 15.2. The van der Waals surface area contributed by atoms with Crippen LogP contribution in [-0.4, -0.2) is 57.3 Å². The molecule has 31 heavy (non-hydrogen) atoms. The van der Waals surface area contributed by atoms with E-state index >= 15 is 0 Å². The van der Waals surface area contributed by atoms with Crippen molar-refractivity contribution < 1.29 is 23.4 Å². The van der Waals surface area contributed by atoms with Crippen LogP contribution in [0.15, 0.2) is 35.3 Å². The number of pyridine rings is 1. The fourth-order valence-corrected chi connectivity index (χ4v) is 3.36. The third-order valence-corrected chi connectivity index (χ3v) is 5.01. The summed E-state index contributed by atoms with van der Waals surface area (Å²) in [6, 6.07) is 5.35. The van der Waals surface area contributed by atoms with Gasteiger partial charge in [0, 0.05) is 50.0 Å². The van der Waals surface area contributed by atoms with Crippen LogP contribution in [0.25, 0.3) is 0 Å². The van der Waals surface area contributed by atoms with E-state index < -0.39 is 28.5 Å². The molecule has 1 N–H and O–H groups in total. The standard InChI is InChI=1S/C22H27F2N3O4/c1-22(2,3)31-21(30)26-11-9-25(10-12-26)13-16-7-8-27(20(29)19(16)28)14-15-5-4-6-17(23)18(15)24/h4-8,28H,9-14H2,1-3H3. The molecule has 9 heteroatoms. The molecule has 1 saturated heterocycles. The van der Waals surface area contributed by atoms with Crippen molar-refractivity contribution in [3.05, 3.63) is 63.6 Å². The molecule has 0 spiro atoms. The van der Waals surface area contributed by atoms with Crippen molar-refractivity contribution in [2.45, 2.75) is 39.5 Å². The number of benzene rings is 1. The van der Waals surface area contributed by atoms with Gasteiger partial charge < -0.3 is 19.3 Å². The highest BCUT2D eigenvalue weighted by Crippen LogP contribution is 2.18. The smallest absolute Gasteiger partial charge is 0.410 e. The van der Waals surface area contributed by atoms with Crippen LogP contribution in [0.3, 0.4) is 0 Å². The molecule has 7 nitrogen and oxygen atoms in total. The predicted molar refractivity (Wildman–Crippen MR) is 111 cm³/mol. The summed E-state index contributed by atoms with van der Waals surface area (Å²) in [5.74, 6) is -2.42. The number of aromatic hydroxyl groups is 1. The van der Waals surface area contributed by atoms with Crippen LogP contribution < -0.4 is 5.56 Å². The van der Waals surface area contributed by atoms with Crippen LogP contribution in [0.5, 0.6) is 5.75 Å². The third kappa shape index (κ3) is 5.61. The van der Waals surface area contributed by atoms with Crippen LogP contribution in [-0.2, 0) is 17.8 Å². The second-order valence-corrected chi connectivity index (χ2v) is 8.58. The molecular formula is C22H27F2N3O4. The van der Waals surface area contributed by atoms with Gasteiger partial charge in [-0.25, -0.2) is 13.6 Å². The summed E-state index contributed by atoms with van der Waals surface area (Å²) in [6.07, 6.45) is 1.10. The number of carbonyl (C=O) groups is 1.